The molecule has 0 aromatic heterocycles. The molecule has 0 aliphatic carbocycles. The first-order valence-corrected chi connectivity index (χ1v) is 11.5. The van der Waals surface area contributed by atoms with Crippen LogP contribution in [0, 0.1) is 0 Å². The van der Waals surface area contributed by atoms with Gasteiger partial charge in [-0.15, -0.1) is 11.6 Å². The molecule has 2 atom stereocenters. The van der Waals surface area contributed by atoms with Crippen molar-refractivity contribution < 1.29 is 9.57 Å². The smallest absolute Gasteiger partial charge is 0.137 e. The van der Waals surface area contributed by atoms with Crippen LogP contribution in [0.3, 0.4) is 0 Å². The Balaban J connectivity index is 2.16. The summed E-state index contributed by atoms with van der Waals surface area (Å²) in [5.74, 6) is 0.639. The summed E-state index contributed by atoms with van der Waals surface area (Å²) in [5.41, 5.74) is 1.63. The monoisotopic (exact) mass is 345 g/mol. The van der Waals surface area contributed by atoms with E-state index in [-0.39, 0.29) is 11.5 Å². The van der Waals surface area contributed by atoms with Crippen molar-refractivity contribution in [3.8, 4) is 5.75 Å². The number of alkyl halides is 1. The van der Waals surface area contributed by atoms with Crippen LogP contribution < -0.4 is 4.74 Å². The lowest BCUT2D eigenvalue weighted by atomic mass is 10.0. The summed E-state index contributed by atoms with van der Waals surface area (Å²) < 4.78 is 5.15. The third-order valence-electron chi connectivity index (χ3n) is 3.35. The van der Waals surface area contributed by atoms with E-state index in [9.17, 15) is 0 Å². The van der Waals surface area contributed by atoms with E-state index in [2.05, 4.69) is 24.8 Å². The molecule has 2 rings (SSSR count). The van der Waals surface area contributed by atoms with Gasteiger partial charge in [-0.25, -0.2) is 0 Å². The highest BCUT2D eigenvalue weighted by Gasteiger charge is 2.30. The van der Waals surface area contributed by atoms with Crippen molar-refractivity contribution in [3.63, 3.8) is 0 Å². The molecule has 0 radical (unpaired) electrons. The number of halogens is 2. The van der Waals surface area contributed by atoms with Crippen molar-refractivity contribution in [2.75, 3.05) is 7.11 Å². The standard InChI is InChI=1S/C15H21Cl2NO2Si/c1-19-14-6-5-10(7-12(14)16)15-13(17)8-11(20-18-15)9-21(2,3)4/h5-7,11,13H,8-9H2,1-4H3/t11-,13+/m0/s1. The van der Waals surface area contributed by atoms with Crippen molar-refractivity contribution in [1.82, 2.24) is 0 Å². The molecule has 0 fully saturated rings. The zero-order valence-corrected chi connectivity index (χ0v) is 15.3. The highest BCUT2D eigenvalue weighted by molar-refractivity contribution is 6.76. The van der Waals surface area contributed by atoms with Gasteiger partial charge in [0.1, 0.15) is 17.6 Å². The molecule has 0 spiro atoms. The molecule has 0 saturated carbocycles. The van der Waals surface area contributed by atoms with Gasteiger partial charge in [0.2, 0.25) is 0 Å². The number of hydrogen-bond donors (Lipinski definition) is 0. The van der Waals surface area contributed by atoms with Gasteiger partial charge in [0.15, 0.2) is 0 Å². The number of rotatable bonds is 4. The summed E-state index contributed by atoms with van der Waals surface area (Å²) in [7, 11) is 0.403. The average molecular weight is 346 g/mol. The van der Waals surface area contributed by atoms with Gasteiger partial charge in [0, 0.05) is 20.1 Å². The Bertz CT molecular complexity index is 543. The van der Waals surface area contributed by atoms with Crippen molar-refractivity contribution in [1.29, 1.82) is 0 Å². The van der Waals surface area contributed by atoms with E-state index < -0.39 is 8.07 Å². The zero-order chi connectivity index (χ0) is 15.6. The second-order valence-electron chi connectivity index (χ2n) is 6.52. The minimum absolute atomic E-state index is 0.122. The first-order valence-electron chi connectivity index (χ1n) is 7.02. The summed E-state index contributed by atoms with van der Waals surface area (Å²) in [6, 6.07) is 6.60. The Kier molecular flexibility index (Phi) is 5.23. The number of nitrogens with zero attached hydrogens (tertiary/aromatic N) is 1. The molecule has 6 heteroatoms. The number of benzene rings is 1. The van der Waals surface area contributed by atoms with E-state index in [1.165, 1.54) is 0 Å². The van der Waals surface area contributed by atoms with E-state index in [1.54, 1.807) is 7.11 Å². The molecule has 1 aliphatic rings. The van der Waals surface area contributed by atoms with Gasteiger partial charge in [-0.3, -0.25) is 0 Å². The summed E-state index contributed by atoms with van der Waals surface area (Å²) in [5, 5.41) is 4.65. The topological polar surface area (TPSA) is 30.8 Å². The highest BCUT2D eigenvalue weighted by atomic mass is 35.5. The Hall–Kier alpha value is -0.713. The average Bonchev–Trinajstić information content (AvgIpc) is 2.37. The van der Waals surface area contributed by atoms with Gasteiger partial charge in [-0.05, 0) is 24.2 Å². The molecule has 3 nitrogen and oxygen atoms in total. The second kappa shape index (κ2) is 6.59. The van der Waals surface area contributed by atoms with E-state index in [0.717, 1.165) is 23.7 Å². The van der Waals surface area contributed by atoms with Crippen LogP contribution in [0.2, 0.25) is 30.7 Å². The van der Waals surface area contributed by atoms with Crippen LogP contribution >= 0.6 is 23.2 Å². The van der Waals surface area contributed by atoms with Crippen LogP contribution in [-0.4, -0.2) is 32.4 Å². The number of ether oxygens (including phenoxy) is 1. The zero-order valence-electron chi connectivity index (χ0n) is 12.8. The van der Waals surface area contributed by atoms with Gasteiger partial charge >= 0.3 is 0 Å². The van der Waals surface area contributed by atoms with Crippen molar-refractivity contribution >= 4 is 37.0 Å². The van der Waals surface area contributed by atoms with Gasteiger partial charge in [-0.2, -0.15) is 0 Å². The van der Waals surface area contributed by atoms with E-state index >= 15 is 0 Å². The molecule has 0 bridgehead atoms. The maximum absolute atomic E-state index is 6.50. The van der Waals surface area contributed by atoms with Crippen molar-refractivity contribution in [2.24, 2.45) is 5.16 Å². The molecule has 1 aromatic rings. The fraction of sp³-hybridized carbons (Fsp3) is 0.533. The second-order valence-corrected chi connectivity index (χ2v) is 13.0. The van der Waals surface area contributed by atoms with Crippen LogP contribution in [0.25, 0.3) is 0 Å². The summed E-state index contributed by atoms with van der Waals surface area (Å²) in [4.78, 5) is 5.65. The van der Waals surface area contributed by atoms with Gasteiger partial charge in [-0.1, -0.05) is 36.4 Å². The minimum Gasteiger partial charge on any atom is -0.495 e. The van der Waals surface area contributed by atoms with Gasteiger partial charge in [0.25, 0.3) is 0 Å². The highest BCUT2D eigenvalue weighted by Crippen LogP contribution is 2.30. The minimum atomic E-state index is -1.19. The molecule has 21 heavy (non-hydrogen) atoms. The molecule has 1 aromatic carbocycles. The maximum atomic E-state index is 6.50. The molecule has 0 saturated heterocycles. The summed E-state index contributed by atoms with van der Waals surface area (Å²) in [6.07, 6.45) is 0.908. The number of oxime groups is 1. The largest absolute Gasteiger partial charge is 0.495 e. The first-order chi connectivity index (χ1) is 9.80. The van der Waals surface area contributed by atoms with E-state index in [4.69, 9.17) is 32.8 Å². The quantitative estimate of drug-likeness (QED) is 0.580. The van der Waals surface area contributed by atoms with Crippen LogP contribution in [0.4, 0.5) is 0 Å². The summed E-state index contributed by atoms with van der Waals surface area (Å²) in [6.45, 7) is 6.96. The predicted molar refractivity (Wildman–Crippen MR) is 91.8 cm³/mol. The molecule has 0 amide bonds. The first kappa shape index (κ1) is 16.7. The molecule has 116 valence electrons. The van der Waals surface area contributed by atoms with Crippen LogP contribution in [0.1, 0.15) is 12.0 Å². The lowest BCUT2D eigenvalue weighted by Crippen LogP contribution is -2.34. The third kappa shape index (κ3) is 4.38. The van der Waals surface area contributed by atoms with Gasteiger partial charge < -0.3 is 9.57 Å². The normalized spacial score (nSPS) is 22.5. The molecular formula is C15H21Cl2NO2Si. The Morgan fingerprint density at radius 3 is 2.62 bits per heavy atom. The van der Waals surface area contributed by atoms with Crippen molar-refractivity contribution in [3.05, 3.63) is 28.8 Å². The molecular weight excluding hydrogens is 325 g/mol. The Morgan fingerprint density at radius 2 is 2.10 bits per heavy atom. The number of methoxy groups -OCH3 is 1. The summed E-state index contributed by atoms with van der Waals surface area (Å²) >= 11 is 12.7. The fourth-order valence-corrected chi connectivity index (χ4v) is 4.67. The van der Waals surface area contributed by atoms with E-state index in [0.29, 0.717) is 10.8 Å². The van der Waals surface area contributed by atoms with Crippen LogP contribution in [-0.2, 0) is 4.84 Å². The van der Waals surface area contributed by atoms with Crippen molar-refractivity contribution in [2.45, 2.75) is 43.6 Å². The Labute approximate surface area is 137 Å². The van der Waals surface area contributed by atoms with E-state index in [1.807, 2.05) is 18.2 Å². The van der Waals surface area contributed by atoms with Crippen LogP contribution in [0.15, 0.2) is 23.4 Å². The number of hydrogen-bond acceptors (Lipinski definition) is 3. The lowest BCUT2D eigenvalue weighted by Gasteiger charge is -2.29. The molecule has 1 heterocycles. The SMILES string of the molecule is COc1ccc(C2=NO[C@H](C[Si](C)(C)C)C[C@H]2Cl)cc1Cl. The van der Waals surface area contributed by atoms with Gasteiger partial charge in [0.05, 0.1) is 17.5 Å². The fourth-order valence-electron chi connectivity index (χ4n) is 2.44. The van der Waals surface area contributed by atoms with Crippen LogP contribution in [0.5, 0.6) is 5.75 Å². The predicted octanol–water partition coefficient (Wildman–Crippen LogP) is 4.79. The third-order valence-corrected chi connectivity index (χ3v) is 5.71. The Morgan fingerprint density at radius 1 is 1.38 bits per heavy atom. The molecule has 1 aliphatic heterocycles. The lowest BCUT2D eigenvalue weighted by molar-refractivity contribution is 0.0573. The molecule has 0 N–H and O–H groups in total. The maximum Gasteiger partial charge on any atom is 0.137 e. The molecule has 0 unspecified atom stereocenters.